The van der Waals surface area contributed by atoms with E-state index in [1.54, 1.807) is 18.5 Å². The van der Waals surface area contributed by atoms with E-state index in [2.05, 4.69) is 55.2 Å². The summed E-state index contributed by atoms with van der Waals surface area (Å²) in [4.78, 5) is 37.1. The highest BCUT2D eigenvalue weighted by Crippen LogP contribution is 2.29. The Hall–Kier alpha value is -4.12. The molecule has 0 saturated carbocycles. The van der Waals surface area contributed by atoms with Crippen molar-refractivity contribution in [3.05, 3.63) is 88.4 Å². The maximum Gasteiger partial charge on any atom is 0.262 e. The molecule has 4 N–H and O–H groups in total. The highest BCUT2D eigenvalue weighted by Gasteiger charge is 2.26. The van der Waals surface area contributed by atoms with Crippen molar-refractivity contribution in [3.63, 3.8) is 0 Å². The van der Waals surface area contributed by atoms with Gasteiger partial charge >= 0.3 is 0 Å². The van der Waals surface area contributed by atoms with Crippen LogP contribution in [0.5, 0.6) is 5.75 Å². The van der Waals surface area contributed by atoms with Crippen LogP contribution in [-0.2, 0) is 16.6 Å². The van der Waals surface area contributed by atoms with Crippen LogP contribution in [0, 0.1) is 5.92 Å². The summed E-state index contributed by atoms with van der Waals surface area (Å²) in [6, 6.07) is 17.3. The Morgan fingerprint density at radius 3 is 2.06 bits per heavy atom. The molecule has 4 rings (SSSR count). The number of carbonyl (C=O) groups excluding carboxylic acids is 2. The molecule has 0 bridgehead atoms. The third-order valence-electron chi connectivity index (χ3n) is 7.94. The van der Waals surface area contributed by atoms with Crippen LogP contribution >= 0.6 is 11.3 Å². The first-order chi connectivity index (χ1) is 22.8. The lowest BCUT2D eigenvalue weighted by Crippen LogP contribution is -2.52. The summed E-state index contributed by atoms with van der Waals surface area (Å²) in [5.74, 6) is 1.25. The Bertz CT molecular complexity index is 1610. The number of thiophene rings is 1. The van der Waals surface area contributed by atoms with Crippen molar-refractivity contribution in [2.45, 2.75) is 91.0 Å². The monoisotopic (exact) mass is 672 g/mol. The minimum atomic E-state index is -1.73. The normalized spacial score (nSPS) is 13.0. The quantitative estimate of drug-likeness (QED) is 0.0834. The molecule has 256 valence electrons. The fraction of sp³-hybridized carbons (Fsp3) is 0.421. The van der Waals surface area contributed by atoms with E-state index >= 15 is 0 Å². The Labute approximate surface area is 287 Å². The molecule has 2 aromatic carbocycles. The molecule has 0 aliphatic carbocycles. The number of benzene rings is 2. The Morgan fingerprint density at radius 1 is 0.833 bits per heavy atom. The van der Waals surface area contributed by atoms with Gasteiger partial charge in [-0.3, -0.25) is 9.59 Å². The number of rotatable bonds is 15. The smallest absolute Gasteiger partial charge is 0.262 e. The number of unbranched alkanes of at least 4 members (excludes halogenated alkanes) is 1. The fourth-order valence-corrected chi connectivity index (χ4v) is 5.91. The first-order valence-electron chi connectivity index (χ1n) is 16.5. The number of aliphatic hydroxyl groups is 2. The number of amides is 2. The fourth-order valence-electron chi connectivity index (χ4n) is 4.94. The number of aliphatic hydroxyl groups excluding tert-OH is 1. The molecule has 4 aromatic rings. The van der Waals surface area contributed by atoms with Crippen LogP contribution in [0.3, 0.4) is 0 Å². The molecule has 2 amide bonds. The van der Waals surface area contributed by atoms with E-state index in [1.807, 2.05) is 54.6 Å². The van der Waals surface area contributed by atoms with Crippen molar-refractivity contribution in [1.82, 2.24) is 20.6 Å². The van der Waals surface area contributed by atoms with Crippen molar-refractivity contribution < 1.29 is 24.5 Å². The predicted octanol–water partition coefficient (Wildman–Crippen LogP) is 6.53. The van der Waals surface area contributed by atoms with Gasteiger partial charge in [-0.2, -0.15) is 0 Å². The molecule has 0 unspecified atom stereocenters. The van der Waals surface area contributed by atoms with Crippen LogP contribution in [0.2, 0.25) is 0 Å². The second-order valence-electron chi connectivity index (χ2n) is 13.6. The van der Waals surface area contributed by atoms with Gasteiger partial charge in [0.15, 0.2) is 12.1 Å². The molecule has 0 radical (unpaired) electrons. The van der Waals surface area contributed by atoms with E-state index in [1.165, 1.54) is 31.1 Å². The number of nitrogens with one attached hydrogen (secondary N) is 2. The molecule has 0 aliphatic heterocycles. The van der Waals surface area contributed by atoms with Crippen LogP contribution in [0.1, 0.15) is 80.9 Å². The number of carbonyl (C=O) groups is 2. The van der Waals surface area contributed by atoms with Crippen molar-refractivity contribution in [2.75, 3.05) is 6.61 Å². The zero-order chi connectivity index (χ0) is 34.8. The van der Waals surface area contributed by atoms with Crippen LogP contribution in [0.25, 0.3) is 22.5 Å². The standard InChI is InChI=1S/C38H48N4O5S/c1-24(2)9-7-8-20-47-30-16-14-27(15-17-30)29-22-39-34(40-23-29)28-12-10-26(11-13-28)21-31(35(43)41-25(3)37(45)46)42-36(44)32-18-19-33(48-32)38(4,5)6/h10-19,22-25,31,37,45-46H,7-9,20-21H2,1-6H3,(H,41,43)(H,42,44)/t25-,31+/m1/s1. The average Bonchev–Trinajstić information content (AvgIpc) is 3.57. The molecular weight excluding hydrogens is 625 g/mol. The third-order valence-corrected chi connectivity index (χ3v) is 9.45. The van der Waals surface area contributed by atoms with E-state index in [9.17, 15) is 19.8 Å². The van der Waals surface area contributed by atoms with Gasteiger partial charge in [0.25, 0.3) is 5.91 Å². The van der Waals surface area contributed by atoms with E-state index in [0.29, 0.717) is 23.2 Å². The number of hydrogen-bond acceptors (Lipinski definition) is 8. The zero-order valence-electron chi connectivity index (χ0n) is 28.7. The molecule has 2 atom stereocenters. The van der Waals surface area contributed by atoms with E-state index < -0.39 is 24.3 Å². The van der Waals surface area contributed by atoms with Crippen molar-refractivity contribution in [3.8, 4) is 28.3 Å². The van der Waals surface area contributed by atoms with Gasteiger partial charge in [0.05, 0.1) is 17.5 Å². The lowest BCUT2D eigenvalue weighted by molar-refractivity contribution is -0.128. The average molecular weight is 673 g/mol. The second kappa shape index (κ2) is 16.8. The van der Waals surface area contributed by atoms with Crippen LogP contribution in [-0.4, -0.2) is 57.0 Å². The van der Waals surface area contributed by atoms with E-state index in [0.717, 1.165) is 39.3 Å². The third kappa shape index (κ3) is 10.7. The zero-order valence-corrected chi connectivity index (χ0v) is 29.5. The van der Waals surface area contributed by atoms with Gasteiger partial charge in [-0.15, -0.1) is 11.3 Å². The largest absolute Gasteiger partial charge is 0.494 e. The van der Waals surface area contributed by atoms with Gasteiger partial charge in [0, 0.05) is 34.8 Å². The van der Waals surface area contributed by atoms with Gasteiger partial charge in [0.1, 0.15) is 11.8 Å². The summed E-state index contributed by atoms with van der Waals surface area (Å²) in [6.45, 7) is 12.9. The maximum atomic E-state index is 13.2. The minimum Gasteiger partial charge on any atom is -0.494 e. The molecule has 0 saturated heterocycles. The summed E-state index contributed by atoms with van der Waals surface area (Å²) < 4.78 is 5.89. The SMILES string of the molecule is CC(C)CCCCOc1ccc(-c2cnc(-c3ccc(C[C@H](NC(=O)c4ccc(C(C)(C)C)s4)C(=O)N[C@H](C)C(O)O)cc3)nc2)cc1. The van der Waals surface area contributed by atoms with Crippen LogP contribution in [0.15, 0.2) is 73.1 Å². The minimum absolute atomic E-state index is 0.105. The number of aromatic nitrogens is 2. The molecular formula is C38H48N4O5S. The highest BCUT2D eigenvalue weighted by molar-refractivity contribution is 7.14. The van der Waals surface area contributed by atoms with Crippen molar-refractivity contribution in [2.24, 2.45) is 5.92 Å². The van der Waals surface area contributed by atoms with Gasteiger partial charge < -0.3 is 25.6 Å². The Kier molecular flexibility index (Phi) is 12.9. The molecule has 9 nitrogen and oxygen atoms in total. The Balaban J connectivity index is 1.40. The maximum absolute atomic E-state index is 13.2. The van der Waals surface area contributed by atoms with Crippen molar-refractivity contribution >= 4 is 23.2 Å². The molecule has 0 fully saturated rings. The van der Waals surface area contributed by atoms with Crippen LogP contribution < -0.4 is 15.4 Å². The highest BCUT2D eigenvalue weighted by atomic mass is 32.1. The number of hydrogen-bond donors (Lipinski definition) is 4. The first kappa shape index (κ1) is 36.7. The predicted molar refractivity (Wildman–Crippen MR) is 191 cm³/mol. The van der Waals surface area contributed by atoms with Gasteiger partial charge in [-0.05, 0) is 66.5 Å². The van der Waals surface area contributed by atoms with Crippen molar-refractivity contribution in [1.29, 1.82) is 0 Å². The Morgan fingerprint density at radius 2 is 1.48 bits per heavy atom. The number of nitrogens with zero attached hydrogens (tertiary/aromatic N) is 2. The van der Waals surface area contributed by atoms with Gasteiger partial charge in [0.2, 0.25) is 5.91 Å². The lowest BCUT2D eigenvalue weighted by Gasteiger charge is -2.22. The first-order valence-corrected chi connectivity index (χ1v) is 17.3. The van der Waals surface area contributed by atoms with E-state index in [4.69, 9.17) is 4.74 Å². The summed E-state index contributed by atoms with van der Waals surface area (Å²) >= 11 is 1.39. The summed E-state index contributed by atoms with van der Waals surface area (Å²) in [7, 11) is 0. The van der Waals surface area contributed by atoms with Gasteiger partial charge in [-0.1, -0.05) is 77.4 Å². The van der Waals surface area contributed by atoms with E-state index in [-0.39, 0.29) is 17.7 Å². The number of ether oxygens (including phenoxy) is 1. The van der Waals surface area contributed by atoms with Gasteiger partial charge in [-0.25, -0.2) is 9.97 Å². The van der Waals surface area contributed by atoms with Crippen LogP contribution in [0.4, 0.5) is 0 Å². The molecule has 0 spiro atoms. The summed E-state index contributed by atoms with van der Waals surface area (Å²) in [5, 5.41) is 24.4. The summed E-state index contributed by atoms with van der Waals surface area (Å²) in [6.07, 6.45) is 5.48. The molecule has 2 aromatic heterocycles. The molecule has 2 heterocycles. The second-order valence-corrected chi connectivity index (χ2v) is 14.7. The lowest BCUT2D eigenvalue weighted by atomic mass is 9.95. The molecule has 48 heavy (non-hydrogen) atoms. The summed E-state index contributed by atoms with van der Waals surface area (Å²) in [5.41, 5.74) is 3.39. The molecule has 10 heteroatoms. The molecule has 0 aliphatic rings. The topological polar surface area (TPSA) is 134 Å².